The number of anilines is 2. The maximum atomic E-state index is 14.4. The Morgan fingerprint density at radius 1 is 0.548 bits per heavy atom. The van der Waals surface area contributed by atoms with Crippen LogP contribution < -0.4 is 19.3 Å². The molecule has 0 radical (unpaired) electrons. The molecule has 62 heavy (non-hydrogen) atoms. The van der Waals surface area contributed by atoms with E-state index in [0.29, 0.717) is 42.0 Å². The van der Waals surface area contributed by atoms with Crippen LogP contribution in [0.5, 0.6) is 11.5 Å². The number of benzene rings is 5. The number of nitrogens with zero attached hydrogens (tertiary/aromatic N) is 2. The molecule has 0 amide bonds. The van der Waals surface area contributed by atoms with Crippen LogP contribution in [0.3, 0.4) is 0 Å². The third-order valence-corrected chi connectivity index (χ3v) is 13.9. The second kappa shape index (κ2) is 20.2. The minimum atomic E-state index is -1.65. The zero-order chi connectivity index (χ0) is 43.2. The van der Waals surface area contributed by atoms with Gasteiger partial charge in [-0.15, -0.1) is 23.2 Å². The standard InChI is InChI=1S/C50H46Cl6N2O4/c51-23-5-29-60-39-19-11-35(12-20-39)41(33-7-15-37(16-8-33)57-25-1-2-26-57)31-50(44-43(49(59)62-50)45(53)47(55)48(56)46(44)54)32-42(36-13-21-40(22-14-36)61-30-6-24-52)34-9-17-38(18-10-34)58-27-3-4-28-58/h7-22,31-32H,1-6,23-30H2. The summed E-state index contributed by atoms with van der Waals surface area (Å²) < 4.78 is 18.6. The Bertz CT molecular complexity index is 2300. The first-order valence-electron chi connectivity index (χ1n) is 21.0. The minimum Gasteiger partial charge on any atom is -0.494 e. The van der Waals surface area contributed by atoms with Gasteiger partial charge in [0.15, 0.2) is 5.60 Å². The fourth-order valence-electron chi connectivity index (χ4n) is 8.39. The molecule has 5 aromatic carbocycles. The van der Waals surface area contributed by atoms with Crippen LogP contribution in [0.2, 0.25) is 20.1 Å². The van der Waals surface area contributed by atoms with E-state index in [1.54, 1.807) is 0 Å². The molecule has 8 rings (SSSR count). The fraction of sp³-hybridized carbons (Fsp3) is 0.300. The zero-order valence-electron chi connectivity index (χ0n) is 34.1. The molecule has 3 aliphatic rings. The molecule has 0 aliphatic carbocycles. The molecule has 322 valence electrons. The SMILES string of the molecule is O=C1OC(C=C(c2ccc(OCCCCl)cc2)c2ccc(N3CCCC3)cc2)(C=C(c2ccc(OCCCCl)cc2)c2ccc(N3CCCC3)cc2)c2c(Cl)c(Cl)c(Cl)c(Cl)c21. The number of rotatable bonds is 16. The first kappa shape index (κ1) is 44.6. The molecule has 0 spiro atoms. The summed E-state index contributed by atoms with van der Waals surface area (Å²) in [5.41, 5.74) is 5.99. The van der Waals surface area contributed by atoms with Crippen molar-refractivity contribution < 1.29 is 19.0 Å². The van der Waals surface area contributed by atoms with Gasteiger partial charge in [0.05, 0.1) is 38.9 Å². The van der Waals surface area contributed by atoms with Gasteiger partial charge >= 0.3 is 5.97 Å². The van der Waals surface area contributed by atoms with Crippen LogP contribution in [-0.2, 0) is 10.3 Å². The van der Waals surface area contributed by atoms with E-state index < -0.39 is 11.6 Å². The maximum Gasteiger partial charge on any atom is 0.341 e. The van der Waals surface area contributed by atoms with Crippen LogP contribution in [0.1, 0.15) is 76.7 Å². The summed E-state index contributed by atoms with van der Waals surface area (Å²) in [5.74, 6) is 1.75. The highest BCUT2D eigenvalue weighted by molar-refractivity contribution is 6.53. The Morgan fingerprint density at radius 2 is 0.919 bits per heavy atom. The average Bonchev–Trinajstić information content (AvgIpc) is 4.10. The first-order valence-corrected chi connectivity index (χ1v) is 23.6. The Morgan fingerprint density at radius 3 is 1.31 bits per heavy atom. The number of halogens is 6. The van der Waals surface area contributed by atoms with Crippen molar-refractivity contribution in [1.29, 1.82) is 0 Å². The van der Waals surface area contributed by atoms with E-state index >= 15 is 0 Å². The number of alkyl halides is 2. The molecular weight excluding hydrogens is 905 g/mol. The molecule has 3 heterocycles. The van der Waals surface area contributed by atoms with E-state index in [0.717, 1.165) is 109 Å². The van der Waals surface area contributed by atoms with Crippen molar-refractivity contribution in [2.75, 3.05) is 61.0 Å². The second-order valence-electron chi connectivity index (χ2n) is 15.6. The molecule has 2 saturated heterocycles. The maximum absolute atomic E-state index is 14.4. The number of carbonyl (C=O) groups excluding carboxylic acids is 1. The largest absolute Gasteiger partial charge is 0.494 e. The summed E-state index contributed by atoms with van der Waals surface area (Å²) in [5, 5.41) is 0.0249. The predicted molar refractivity (Wildman–Crippen MR) is 258 cm³/mol. The van der Waals surface area contributed by atoms with Gasteiger partial charge in [-0.1, -0.05) is 94.9 Å². The minimum absolute atomic E-state index is 0.0199. The van der Waals surface area contributed by atoms with E-state index in [9.17, 15) is 4.79 Å². The van der Waals surface area contributed by atoms with Crippen molar-refractivity contribution in [1.82, 2.24) is 0 Å². The molecule has 0 bridgehead atoms. The van der Waals surface area contributed by atoms with Gasteiger partial charge in [-0.25, -0.2) is 4.79 Å². The number of ether oxygens (including phenoxy) is 3. The number of hydrogen-bond donors (Lipinski definition) is 0. The normalized spacial score (nSPS) is 17.7. The number of hydrogen-bond acceptors (Lipinski definition) is 6. The van der Waals surface area contributed by atoms with Crippen LogP contribution in [0.4, 0.5) is 11.4 Å². The van der Waals surface area contributed by atoms with Crippen molar-refractivity contribution in [2.24, 2.45) is 0 Å². The molecule has 0 saturated carbocycles. The van der Waals surface area contributed by atoms with Crippen molar-refractivity contribution in [3.8, 4) is 11.5 Å². The van der Waals surface area contributed by atoms with Crippen LogP contribution >= 0.6 is 69.6 Å². The van der Waals surface area contributed by atoms with Crippen LogP contribution in [0.25, 0.3) is 11.1 Å². The average molecular weight is 952 g/mol. The lowest BCUT2D eigenvalue weighted by Gasteiger charge is -2.28. The number of carbonyl (C=O) groups is 1. The number of fused-ring (bicyclic) bond motifs is 1. The molecule has 12 heteroatoms. The topological polar surface area (TPSA) is 51.2 Å². The summed E-state index contributed by atoms with van der Waals surface area (Å²) in [6.07, 6.45) is 9.98. The smallest absolute Gasteiger partial charge is 0.341 e. The molecule has 0 aromatic heterocycles. The predicted octanol–water partition coefficient (Wildman–Crippen LogP) is 14.1. The Balaban J connectivity index is 1.36. The molecule has 2 fully saturated rings. The second-order valence-corrected chi connectivity index (χ2v) is 17.9. The third-order valence-electron chi connectivity index (χ3n) is 11.6. The molecular formula is C50H46Cl6N2O4. The molecule has 0 N–H and O–H groups in total. The van der Waals surface area contributed by atoms with Crippen molar-refractivity contribution >= 4 is 98.1 Å². The van der Waals surface area contributed by atoms with E-state index in [2.05, 4.69) is 58.3 Å². The third kappa shape index (κ3) is 9.57. The lowest BCUT2D eigenvalue weighted by atomic mass is 9.83. The van der Waals surface area contributed by atoms with Crippen LogP contribution in [0, 0.1) is 0 Å². The van der Waals surface area contributed by atoms with Crippen molar-refractivity contribution in [3.63, 3.8) is 0 Å². The van der Waals surface area contributed by atoms with Crippen LogP contribution in [0.15, 0.2) is 109 Å². The summed E-state index contributed by atoms with van der Waals surface area (Å²) in [6, 6.07) is 32.7. The number of cyclic esters (lactones) is 1. The molecule has 5 aromatic rings. The molecule has 3 aliphatic heterocycles. The molecule has 0 unspecified atom stereocenters. The summed E-state index contributed by atoms with van der Waals surface area (Å²) >= 11 is 39.5. The van der Waals surface area contributed by atoms with Gasteiger partial charge in [-0.05, 0) is 133 Å². The van der Waals surface area contributed by atoms with E-state index in [1.807, 2.05) is 60.7 Å². The van der Waals surface area contributed by atoms with Gasteiger partial charge in [0, 0.05) is 54.9 Å². The fourth-order valence-corrected chi connectivity index (χ4v) is 9.69. The van der Waals surface area contributed by atoms with E-state index in [1.165, 1.54) is 0 Å². The summed E-state index contributed by atoms with van der Waals surface area (Å²) in [6.45, 7) is 5.04. The van der Waals surface area contributed by atoms with Gasteiger partial charge in [0.1, 0.15) is 11.5 Å². The first-order chi connectivity index (χ1) is 30.2. The monoisotopic (exact) mass is 948 g/mol. The van der Waals surface area contributed by atoms with Gasteiger partial charge in [-0.2, -0.15) is 0 Å². The zero-order valence-corrected chi connectivity index (χ0v) is 38.6. The quantitative estimate of drug-likeness (QED) is 0.0323. The van der Waals surface area contributed by atoms with Gasteiger partial charge in [0.2, 0.25) is 0 Å². The van der Waals surface area contributed by atoms with E-state index in [4.69, 9.17) is 83.8 Å². The lowest BCUT2D eigenvalue weighted by molar-refractivity contribution is 0.0300. The summed E-state index contributed by atoms with van der Waals surface area (Å²) in [7, 11) is 0. The Labute approximate surface area is 393 Å². The van der Waals surface area contributed by atoms with E-state index in [-0.39, 0.29) is 25.7 Å². The highest BCUT2D eigenvalue weighted by Gasteiger charge is 2.48. The van der Waals surface area contributed by atoms with Crippen LogP contribution in [-0.4, -0.2) is 57.1 Å². The highest BCUT2D eigenvalue weighted by Crippen LogP contribution is 2.54. The Kier molecular flexibility index (Phi) is 14.5. The number of esters is 1. The van der Waals surface area contributed by atoms with Gasteiger partial charge < -0.3 is 24.0 Å². The van der Waals surface area contributed by atoms with Gasteiger partial charge in [0.25, 0.3) is 0 Å². The lowest BCUT2D eigenvalue weighted by Crippen LogP contribution is -2.23. The molecule has 0 atom stereocenters. The highest BCUT2D eigenvalue weighted by atomic mass is 35.5. The van der Waals surface area contributed by atoms with Gasteiger partial charge in [-0.3, -0.25) is 0 Å². The molecule has 6 nitrogen and oxygen atoms in total. The Hall–Kier alpha value is -4.01. The van der Waals surface area contributed by atoms with Crippen molar-refractivity contribution in [2.45, 2.75) is 44.1 Å². The summed E-state index contributed by atoms with van der Waals surface area (Å²) in [4.78, 5) is 19.1. The van der Waals surface area contributed by atoms with Crippen molar-refractivity contribution in [3.05, 3.63) is 163 Å².